The Morgan fingerprint density at radius 1 is 1.36 bits per heavy atom. The molecule has 1 fully saturated rings. The summed E-state index contributed by atoms with van der Waals surface area (Å²) in [7, 11) is 0. The Hall–Kier alpha value is -2.37. The van der Waals surface area contributed by atoms with Crippen LogP contribution in [-0.2, 0) is 0 Å². The first-order valence-corrected chi connectivity index (χ1v) is 7.52. The van der Waals surface area contributed by atoms with Gasteiger partial charge in [0.05, 0.1) is 5.39 Å². The monoisotopic (exact) mass is 301 g/mol. The summed E-state index contributed by atoms with van der Waals surface area (Å²) in [5.74, 6) is -0.647. The van der Waals surface area contributed by atoms with E-state index in [0.29, 0.717) is 17.0 Å². The molecule has 1 aliphatic carbocycles. The fourth-order valence-corrected chi connectivity index (χ4v) is 3.29. The number of primary amides is 1. The van der Waals surface area contributed by atoms with Crippen LogP contribution in [0.1, 0.15) is 49.0 Å². The fourth-order valence-electron chi connectivity index (χ4n) is 3.29. The summed E-state index contributed by atoms with van der Waals surface area (Å²) < 4.78 is 1.54. The molecule has 0 spiro atoms. The van der Waals surface area contributed by atoms with Gasteiger partial charge in [-0.15, -0.1) is 0 Å². The predicted octanol–water partition coefficient (Wildman–Crippen LogP) is 1.95. The number of fused-ring (bicyclic) bond motifs is 1. The molecule has 1 saturated carbocycles. The van der Waals surface area contributed by atoms with Gasteiger partial charge in [-0.1, -0.05) is 6.92 Å². The van der Waals surface area contributed by atoms with Gasteiger partial charge in [0, 0.05) is 12.2 Å². The van der Waals surface area contributed by atoms with Crippen molar-refractivity contribution >= 4 is 16.9 Å². The molecule has 0 radical (unpaired) electrons. The van der Waals surface area contributed by atoms with E-state index in [1.165, 1.54) is 0 Å². The molecule has 6 heteroatoms. The molecule has 22 heavy (non-hydrogen) atoms. The number of hydrogen-bond acceptors (Lipinski definition) is 4. The second-order valence-electron chi connectivity index (χ2n) is 6.05. The first-order chi connectivity index (χ1) is 10.5. The van der Waals surface area contributed by atoms with Crippen LogP contribution in [0.25, 0.3) is 11.0 Å². The highest BCUT2D eigenvalue weighted by Crippen LogP contribution is 2.34. The third-order valence-electron chi connectivity index (χ3n) is 4.54. The van der Waals surface area contributed by atoms with Gasteiger partial charge in [0.2, 0.25) is 0 Å². The Labute approximate surface area is 127 Å². The van der Waals surface area contributed by atoms with Gasteiger partial charge in [0.25, 0.3) is 11.5 Å². The minimum atomic E-state index is -0.911. The SMILES string of the molecule is CC1CCC(n2c(=O)c(C(N)=O)c(O)c3cccnc32)CC1. The maximum atomic E-state index is 12.7. The van der Waals surface area contributed by atoms with Crippen LogP contribution in [-0.4, -0.2) is 20.6 Å². The number of hydrogen-bond donors (Lipinski definition) is 2. The zero-order valence-corrected chi connectivity index (χ0v) is 12.5. The van der Waals surface area contributed by atoms with Crippen molar-refractivity contribution in [2.24, 2.45) is 11.7 Å². The Morgan fingerprint density at radius 3 is 2.68 bits per heavy atom. The Bertz CT molecular complexity index is 789. The number of amides is 1. The summed E-state index contributed by atoms with van der Waals surface area (Å²) in [4.78, 5) is 28.5. The van der Waals surface area contributed by atoms with Crippen LogP contribution in [0.5, 0.6) is 5.75 Å². The summed E-state index contributed by atoms with van der Waals surface area (Å²) in [6.07, 6.45) is 5.34. The van der Waals surface area contributed by atoms with Gasteiger partial charge in [0.1, 0.15) is 17.0 Å². The number of nitrogens with zero attached hydrogens (tertiary/aromatic N) is 2. The quantitative estimate of drug-likeness (QED) is 0.885. The van der Waals surface area contributed by atoms with Crippen LogP contribution >= 0.6 is 0 Å². The molecule has 1 aliphatic rings. The van der Waals surface area contributed by atoms with Gasteiger partial charge in [-0.25, -0.2) is 4.98 Å². The van der Waals surface area contributed by atoms with Crippen molar-refractivity contribution in [3.63, 3.8) is 0 Å². The summed E-state index contributed by atoms with van der Waals surface area (Å²) >= 11 is 0. The third kappa shape index (κ3) is 2.24. The molecule has 6 nitrogen and oxygen atoms in total. The van der Waals surface area contributed by atoms with E-state index in [2.05, 4.69) is 11.9 Å². The van der Waals surface area contributed by atoms with E-state index in [1.54, 1.807) is 22.9 Å². The third-order valence-corrected chi connectivity index (χ3v) is 4.54. The molecule has 116 valence electrons. The second kappa shape index (κ2) is 5.44. The fraction of sp³-hybridized carbons (Fsp3) is 0.438. The van der Waals surface area contributed by atoms with Crippen LogP contribution in [0.15, 0.2) is 23.1 Å². The van der Waals surface area contributed by atoms with E-state index < -0.39 is 11.5 Å². The maximum absolute atomic E-state index is 12.7. The number of aromatic nitrogens is 2. The molecule has 0 bridgehead atoms. The number of pyridine rings is 2. The molecular weight excluding hydrogens is 282 g/mol. The molecule has 1 amide bonds. The molecule has 0 aromatic carbocycles. The zero-order chi connectivity index (χ0) is 15.9. The standard InChI is InChI=1S/C16H19N3O3/c1-9-4-6-10(7-5-9)19-15-11(3-2-8-18-15)13(20)12(14(17)21)16(19)22/h2-3,8-10,20H,4-7H2,1H3,(H2,17,21). The number of carbonyl (C=O) groups excluding carboxylic acids is 1. The number of rotatable bonds is 2. The summed E-state index contributed by atoms with van der Waals surface area (Å²) in [6.45, 7) is 2.20. The van der Waals surface area contributed by atoms with Crippen molar-refractivity contribution in [3.05, 3.63) is 34.2 Å². The van der Waals surface area contributed by atoms with Crippen LogP contribution in [0, 0.1) is 5.92 Å². The Kier molecular flexibility index (Phi) is 3.60. The van der Waals surface area contributed by atoms with Crippen LogP contribution in [0.4, 0.5) is 0 Å². The predicted molar refractivity (Wildman–Crippen MR) is 82.9 cm³/mol. The lowest BCUT2D eigenvalue weighted by molar-refractivity contribution is 0.0995. The lowest BCUT2D eigenvalue weighted by Crippen LogP contribution is -2.34. The first-order valence-electron chi connectivity index (χ1n) is 7.52. The van der Waals surface area contributed by atoms with Gasteiger partial charge in [-0.2, -0.15) is 0 Å². The summed E-state index contributed by atoms with van der Waals surface area (Å²) in [5.41, 5.74) is 4.81. The molecule has 2 aromatic heterocycles. The lowest BCUT2D eigenvalue weighted by atomic mass is 9.87. The molecule has 3 rings (SSSR count). The molecule has 0 aliphatic heterocycles. The van der Waals surface area contributed by atoms with Crippen molar-refractivity contribution in [3.8, 4) is 5.75 Å². The van der Waals surface area contributed by atoms with E-state index in [-0.39, 0.29) is 17.4 Å². The van der Waals surface area contributed by atoms with Crippen molar-refractivity contribution in [1.82, 2.24) is 9.55 Å². The number of aromatic hydroxyl groups is 1. The molecule has 0 atom stereocenters. The largest absolute Gasteiger partial charge is 0.506 e. The average Bonchev–Trinajstić information content (AvgIpc) is 2.49. The van der Waals surface area contributed by atoms with Crippen LogP contribution in [0.3, 0.4) is 0 Å². The van der Waals surface area contributed by atoms with Crippen molar-refractivity contribution < 1.29 is 9.90 Å². The van der Waals surface area contributed by atoms with Crippen LogP contribution < -0.4 is 11.3 Å². The number of nitrogens with two attached hydrogens (primary N) is 1. The molecule has 2 heterocycles. The van der Waals surface area contributed by atoms with E-state index >= 15 is 0 Å². The minimum Gasteiger partial charge on any atom is -0.506 e. The van der Waals surface area contributed by atoms with Gasteiger partial charge in [0.15, 0.2) is 0 Å². The molecule has 2 aromatic rings. The molecular formula is C16H19N3O3. The smallest absolute Gasteiger partial charge is 0.269 e. The van der Waals surface area contributed by atoms with Gasteiger partial charge in [-0.05, 0) is 43.7 Å². The van der Waals surface area contributed by atoms with Gasteiger partial charge < -0.3 is 10.8 Å². The van der Waals surface area contributed by atoms with E-state index in [0.717, 1.165) is 25.7 Å². The van der Waals surface area contributed by atoms with Crippen molar-refractivity contribution in [2.75, 3.05) is 0 Å². The van der Waals surface area contributed by atoms with Gasteiger partial charge in [-0.3, -0.25) is 14.2 Å². The molecule has 3 N–H and O–H groups in total. The van der Waals surface area contributed by atoms with E-state index in [4.69, 9.17) is 5.73 Å². The van der Waals surface area contributed by atoms with E-state index in [9.17, 15) is 14.7 Å². The van der Waals surface area contributed by atoms with Gasteiger partial charge >= 0.3 is 0 Å². The van der Waals surface area contributed by atoms with E-state index in [1.807, 2.05) is 0 Å². The number of carbonyl (C=O) groups is 1. The van der Waals surface area contributed by atoms with Crippen molar-refractivity contribution in [1.29, 1.82) is 0 Å². The van der Waals surface area contributed by atoms with Crippen molar-refractivity contribution in [2.45, 2.75) is 38.6 Å². The lowest BCUT2D eigenvalue weighted by Gasteiger charge is -2.29. The summed E-state index contributed by atoms with van der Waals surface area (Å²) in [5, 5.41) is 10.6. The summed E-state index contributed by atoms with van der Waals surface area (Å²) in [6, 6.07) is 3.29. The van der Waals surface area contributed by atoms with Crippen LogP contribution in [0.2, 0.25) is 0 Å². The Morgan fingerprint density at radius 2 is 2.05 bits per heavy atom. The highest BCUT2D eigenvalue weighted by Gasteiger charge is 2.27. The normalized spacial score (nSPS) is 21.9. The topological polar surface area (TPSA) is 98.2 Å². The minimum absolute atomic E-state index is 0.0141. The average molecular weight is 301 g/mol. The molecule has 0 unspecified atom stereocenters. The highest BCUT2D eigenvalue weighted by molar-refractivity contribution is 6.00. The zero-order valence-electron chi connectivity index (χ0n) is 12.5. The Balaban J connectivity index is 2.28. The molecule has 0 saturated heterocycles. The maximum Gasteiger partial charge on any atom is 0.269 e. The second-order valence-corrected chi connectivity index (χ2v) is 6.05. The first kappa shape index (κ1) is 14.6. The highest BCUT2D eigenvalue weighted by atomic mass is 16.3.